The summed E-state index contributed by atoms with van der Waals surface area (Å²) < 4.78 is 41.0. The van der Waals surface area contributed by atoms with Crippen molar-refractivity contribution in [2.75, 3.05) is 0 Å². The molecule has 0 aliphatic rings. The van der Waals surface area contributed by atoms with Gasteiger partial charge in [-0.3, -0.25) is 0 Å². The molecule has 2 heterocycles. The van der Waals surface area contributed by atoms with Crippen molar-refractivity contribution >= 4 is 11.3 Å². The van der Waals surface area contributed by atoms with Gasteiger partial charge in [0.05, 0.1) is 23.1 Å². The van der Waals surface area contributed by atoms with E-state index in [9.17, 15) is 13.2 Å². The smallest absolute Gasteiger partial charge is 0.332 e. The summed E-state index contributed by atoms with van der Waals surface area (Å²) in [6, 6.07) is 0. The first kappa shape index (κ1) is 16.0. The van der Waals surface area contributed by atoms with Gasteiger partial charge in [-0.15, -0.1) is 11.3 Å². The highest BCUT2D eigenvalue weighted by molar-refractivity contribution is 7.15. The summed E-state index contributed by atoms with van der Waals surface area (Å²) in [5, 5.41) is 3.40. The van der Waals surface area contributed by atoms with Crippen LogP contribution in [-0.2, 0) is 19.8 Å². The van der Waals surface area contributed by atoms with Crippen molar-refractivity contribution in [2.45, 2.75) is 39.0 Å². The molecule has 0 amide bonds. The molecule has 0 aliphatic carbocycles. The fourth-order valence-corrected chi connectivity index (χ4v) is 2.79. The first-order valence-electron chi connectivity index (χ1n) is 6.36. The summed E-state index contributed by atoms with van der Waals surface area (Å²) in [4.78, 5) is 7.88. The lowest BCUT2D eigenvalue weighted by Crippen LogP contribution is -2.35. The maximum absolute atomic E-state index is 13.1. The maximum atomic E-state index is 13.1. The Hall–Kier alpha value is -1.41. The quantitative estimate of drug-likeness (QED) is 0.942. The molecule has 2 aromatic rings. The SMILES string of the molecule is Cn1cncc1-c1nc(C(F)(F)F)c(CNC(C)(C)C)s1. The summed E-state index contributed by atoms with van der Waals surface area (Å²) in [6.07, 6.45) is -1.40. The van der Waals surface area contributed by atoms with E-state index in [1.54, 1.807) is 11.6 Å². The molecule has 8 heteroatoms. The average Bonchev–Trinajstić information content (AvgIpc) is 2.90. The van der Waals surface area contributed by atoms with E-state index in [1.165, 1.54) is 12.5 Å². The normalized spacial score (nSPS) is 12.9. The van der Waals surface area contributed by atoms with Gasteiger partial charge < -0.3 is 9.88 Å². The highest BCUT2D eigenvalue weighted by atomic mass is 32.1. The fourth-order valence-electron chi connectivity index (χ4n) is 1.71. The zero-order valence-corrected chi connectivity index (χ0v) is 13.1. The number of hydrogen-bond acceptors (Lipinski definition) is 4. The number of hydrogen-bond donors (Lipinski definition) is 1. The Morgan fingerprint density at radius 1 is 1.29 bits per heavy atom. The van der Waals surface area contributed by atoms with Crippen LogP contribution in [0, 0.1) is 0 Å². The van der Waals surface area contributed by atoms with Crippen molar-refractivity contribution in [2.24, 2.45) is 7.05 Å². The first-order valence-corrected chi connectivity index (χ1v) is 7.18. The van der Waals surface area contributed by atoms with E-state index >= 15 is 0 Å². The Bertz CT molecular complexity index is 622. The van der Waals surface area contributed by atoms with Gasteiger partial charge in [-0.1, -0.05) is 0 Å². The molecule has 2 rings (SSSR count). The van der Waals surface area contributed by atoms with E-state index < -0.39 is 11.9 Å². The number of imidazole rings is 1. The maximum Gasteiger partial charge on any atom is 0.434 e. The summed E-state index contributed by atoms with van der Waals surface area (Å²) in [5.74, 6) is 0. The van der Waals surface area contributed by atoms with E-state index in [0.29, 0.717) is 10.7 Å². The minimum atomic E-state index is -4.46. The molecule has 0 saturated carbocycles. The highest BCUT2D eigenvalue weighted by Gasteiger charge is 2.37. The molecule has 0 unspecified atom stereocenters. The van der Waals surface area contributed by atoms with Crippen LogP contribution in [0.25, 0.3) is 10.7 Å². The number of nitrogens with one attached hydrogen (secondary N) is 1. The Balaban J connectivity index is 2.39. The van der Waals surface area contributed by atoms with E-state index in [-0.39, 0.29) is 17.0 Å². The van der Waals surface area contributed by atoms with Crippen LogP contribution >= 0.6 is 11.3 Å². The van der Waals surface area contributed by atoms with Gasteiger partial charge in [0.25, 0.3) is 0 Å². The van der Waals surface area contributed by atoms with Gasteiger partial charge >= 0.3 is 6.18 Å². The molecule has 0 bridgehead atoms. The lowest BCUT2D eigenvalue weighted by molar-refractivity contribution is -0.141. The summed E-state index contributed by atoms with van der Waals surface area (Å²) in [6.45, 7) is 5.85. The number of nitrogens with zero attached hydrogens (tertiary/aromatic N) is 3. The van der Waals surface area contributed by atoms with Crippen molar-refractivity contribution in [3.63, 3.8) is 0 Å². The van der Waals surface area contributed by atoms with E-state index in [1.807, 2.05) is 20.8 Å². The molecule has 116 valence electrons. The molecule has 0 aliphatic heterocycles. The van der Waals surface area contributed by atoms with Crippen LogP contribution in [0.15, 0.2) is 12.5 Å². The minimum Gasteiger partial charge on any atom is -0.332 e. The number of aryl methyl sites for hydroxylation is 1. The molecule has 0 saturated heterocycles. The van der Waals surface area contributed by atoms with Gasteiger partial charge in [-0.05, 0) is 20.8 Å². The van der Waals surface area contributed by atoms with Crippen LogP contribution in [0.1, 0.15) is 31.3 Å². The molecule has 0 radical (unpaired) electrons. The van der Waals surface area contributed by atoms with Crippen LogP contribution in [0.3, 0.4) is 0 Å². The van der Waals surface area contributed by atoms with Gasteiger partial charge in [0, 0.05) is 19.1 Å². The predicted molar refractivity (Wildman–Crippen MR) is 75.9 cm³/mol. The summed E-state index contributed by atoms with van der Waals surface area (Å²) in [5.41, 5.74) is -0.507. The van der Waals surface area contributed by atoms with Crippen LogP contribution in [-0.4, -0.2) is 20.1 Å². The number of halogens is 3. The van der Waals surface area contributed by atoms with Crippen molar-refractivity contribution in [1.29, 1.82) is 0 Å². The van der Waals surface area contributed by atoms with Gasteiger partial charge in [0.2, 0.25) is 0 Å². The standard InChI is InChI=1S/C13H17F3N4S/c1-12(2,3)18-6-9-10(13(14,15)16)19-11(21-9)8-5-17-7-20(8)4/h5,7,18H,6H2,1-4H3. The predicted octanol–water partition coefficient (Wildman–Crippen LogP) is 3.45. The van der Waals surface area contributed by atoms with Crippen molar-refractivity contribution in [3.8, 4) is 10.7 Å². The van der Waals surface area contributed by atoms with Gasteiger partial charge in [0.1, 0.15) is 5.01 Å². The molecule has 1 N–H and O–H groups in total. The number of aromatic nitrogens is 3. The first-order chi connectivity index (χ1) is 9.58. The highest BCUT2D eigenvalue weighted by Crippen LogP contribution is 2.37. The Kier molecular flexibility index (Phi) is 4.12. The van der Waals surface area contributed by atoms with Gasteiger partial charge in [-0.25, -0.2) is 9.97 Å². The second-order valence-electron chi connectivity index (χ2n) is 5.78. The molecule has 2 aromatic heterocycles. The molecule has 0 fully saturated rings. The third-order valence-corrected chi connectivity index (χ3v) is 3.86. The zero-order chi connectivity index (χ0) is 15.8. The topological polar surface area (TPSA) is 42.7 Å². The van der Waals surface area contributed by atoms with E-state index in [2.05, 4.69) is 15.3 Å². The van der Waals surface area contributed by atoms with Gasteiger partial charge in [0.15, 0.2) is 5.69 Å². The van der Waals surface area contributed by atoms with E-state index in [4.69, 9.17) is 0 Å². The van der Waals surface area contributed by atoms with Crippen molar-refractivity contribution < 1.29 is 13.2 Å². The zero-order valence-electron chi connectivity index (χ0n) is 12.2. The lowest BCUT2D eigenvalue weighted by atomic mass is 10.1. The third-order valence-electron chi connectivity index (χ3n) is 2.78. The second-order valence-corrected chi connectivity index (χ2v) is 6.87. The molecular formula is C13H17F3N4S. The number of thiazole rings is 1. The molecular weight excluding hydrogens is 301 g/mol. The summed E-state index contributed by atoms with van der Waals surface area (Å²) in [7, 11) is 1.73. The monoisotopic (exact) mass is 318 g/mol. The third kappa shape index (κ3) is 3.82. The van der Waals surface area contributed by atoms with E-state index in [0.717, 1.165) is 11.3 Å². The van der Waals surface area contributed by atoms with Crippen LogP contribution in [0.4, 0.5) is 13.2 Å². The summed E-state index contributed by atoms with van der Waals surface area (Å²) >= 11 is 1.04. The molecule has 21 heavy (non-hydrogen) atoms. The average molecular weight is 318 g/mol. The Labute approximate surface area is 125 Å². The minimum absolute atomic E-state index is 0.133. The van der Waals surface area contributed by atoms with Gasteiger partial charge in [-0.2, -0.15) is 13.2 Å². The Morgan fingerprint density at radius 3 is 2.43 bits per heavy atom. The lowest BCUT2D eigenvalue weighted by Gasteiger charge is -2.20. The van der Waals surface area contributed by atoms with Crippen molar-refractivity contribution in [1.82, 2.24) is 19.9 Å². The second kappa shape index (κ2) is 5.42. The van der Waals surface area contributed by atoms with Crippen LogP contribution in [0.5, 0.6) is 0 Å². The number of alkyl halides is 3. The van der Waals surface area contributed by atoms with Crippen LogP contribution < -0.4 is 5.32 Å². The fraction of sp³-hybridized carbons (Fsp3) is 0.538. The van der Waals surface area contributed by atoms with Crippen molar-refractivity contribution in [3.05, 3.63) is 23.1 Å². The Morgan fingerprint density at radius 2 is 1.95 bits per heavy atom. The van der Waals surface area contributed by atoms with Crippen LogP contribution in [0.2, 0.25) is 0 Å². The molecule has 0 atom stereocenters. The molecule has 0 spiro atoms. The largest absolute Gasteiger partial charge is 0.434 e. The molecule has 4 nitrogen and oxygen atoms in total. The number of rotatable bonds is 3. The molecule has 0 aromatic carbocycles.